The lowest BCUT2D eigenvalue weighted by Gasteiger charge is -2.17. The monoisotopic (exact) mass is 337 g/mol. The second-order valence-corrected chi connectivity index (χ2v) is 6.69. The van der Waals surface area contributed by atoms with Crippen LogP contribution in [0.2, 0.25) is 0 Å². The van der Waals surface area contributed by atoms with E-state index in [0.29, 0.717) is 10.8 Å². The fourth-order valence-electron chi connectivity index (χ4n) is 3.10. The Labute approximate surface area is 143 Å². The van der Waals surface area contributed by atoms with E-state index in [2.05, 4.69) is 0 Å². The highest BCUT2D eigenvalue weighted by Crippen LogP contribution is 2.35. The first-order chi connectivity index (χ1) is 11.9. The van der Waals surface area contributed by atoms with E-state index in [9.17, 15) is 14.4 Å². The van der Waals surface area contributed by atoms with Crippen molar-refractivity contribution in [2.45, 2.75) is 25.9 Å². The highest BCUT2D eigenvalue weighted by molar-refractivity contribution is 6.21. The van der Waals surface area contributed by atoms with Crippen LogP contribution in [-0.4, -0.2) is 28.4 Å². The highest BCUT2D eigenvalue weighted by Gasteiger charge is 2.39. The number of hydrogen-bond donors (Lipinski definition) is 0. The minimum Gasteiger partial charge on any atom is -0.487 e. The molecule has 2 heterocycles. The summed E-state index contributed by atoms with van der Waals surface area (Å²) in [4.78, 5) is 41.9. The van der Waals surface area contributed by atoms with E-state index in [-0.39, 0.29) is 22.3 Å². The molecule has 6 nitrogen and oxygen atoms in total. The molecule has 0 atom stereocenters. The first kappa shape index (κ1) is 15.4. The number of hydroxylamine groups is 2. The third-order valence-corrected chi connectivity index (χ3v) is 4.24. The van der Waals surface area contributed by atoms with E-state index < -0.39 is 17.8 Å². The molecule has 0 unspecified atom stereocenters. The number of ether oxygens (including phenoxy) is 1. The molecule has 0 bridgehead atoms. The Hall–Kier alpha value is -3.15. The molecule has 0 fully saturated rings. The summed E-state index contributed by atoms with van der Waals surface area (Å²) in [5, 5.41) is 0.505. The maximum absolute atomic E-state index is 12.4. The summed E-state index contributed by atoms with van der Waals surface area (Å²) >= 11 is 0. The van der Waals surface area contributed by atoms with Crippen LogP contribution >= 0.6 is 0 Å². The van der Waals surface area contributed by atoms with Gasteiger partial charge in [-0.3, -0.25) is 9.59 Å². The van der Waals surface area contributed by atoms with Crippen LogP contribution in [0.15, 0.2) is 42.5 Å². The normalized spacial score (nSPS) is 17.1. The molecule has 2 aromatic rings. The van der Waals surface area contributed by atoms with Gasteiger partial charge in [-0.25, -0.2) is 4.79 Å². The van der Waals surface area contributed by atoms with Crippen molar-refractivity contribution in [2.24, 2.45) is 0 Å². The van der Waals surface area contributed by atoms with Gasteiger partial charge in [-0.1, -0.05) is 23.3 Å². The Bertz CT molecular complexity index is 896. The van der Waals surface area contributed by atoms with Gasteiger partial charge in [-0.2, -0.15) is 0 Å². The third-order valence-electron chi connectivity index (χ3n) is 4.24. The second-order valence-electron chi connectivity index (χ2n) is 6.69. The van der Waals surface area contributed by atoms with Crippen molar-refractivity contribution in [3.05, 3.63) is 64.7 Å². The van der Waals surface area contributed by atoms with E-state index in [1.807, 2.05) is 13.8 Å². The summed E-state index contributed by atoms with van der Waals surface area (Å²) in [5.74, 6) is -1.47. The summed E-state index contributed by atoms with van der Waals surface area (Å²) in [6, 6.07) is 11.3. The Balaban J connectivity index is 1.56. The van der Waals surface area contributed by atoms with Gasteiger partial charge in [-0.05, 0) is 43.7 Å². The van der Waals surface area contributed by atoms with Crippen LogP contribution in [0.5, 0.6) is 5.75 Å². The average Bonchev–Trinajstić information content (AvgIpc) is 3.02. The minimum atomic E-state index is -0.786. The molecule has 6 heteroatoms. The van der Waals surface area contributed by atoms with Gasteiger partial charge in [0.25, 0.3) is 11.8 Å². The van der Waals surface area contributed by atoms with Gasteiger partial charge in [0.15, 0.2) is 0 Å². The number of benzene rings is 2. The predicted molar refractivity (Wildman–Crippen MR) is 87.2 cm³/mol. The van der Waals surface area contributed by atoms with Gasteiger partial charge in [-0.15, -0.1) is 0 Å². The maximum atomic E-state index is 12.4. The molecule has 0 aliphatic carbocycles. The number of hydrogen-bond acceptors (Lipinski definition) is 5. The summed E-state index contributed by atoms with van der Waals surface area (Å²) in [6.45, 7) is 3.92. The summed E-state index contributed by atoms with van der Waals surface area (Å²) in [5.41, 5.74) is 1.34. The lowest BCUT2D eigenvalue weighted by molar-refractivity contribution is -0.0584. The molecule has 2 aromatic carbocycles. The van der Waals surface area contributed by atoms with Gasteiger partial charge >= 0.3 is 5.97 Å². The number of carbonyl (C=O) groups excluding carboxylic acids is 3. The minimum absolute atomic E-state index is 0.216. The number of fused-ring (bicyclic) bond motifs is 2. The predicted octanol–water partition coefficient (Wildman–Crippen LogP) is 2.77. The molecule has 0 saturated carbocycles. The topological polar surface area (TPSA) is 72.9 Å². The van der Waals surface area contributed by atoms with E-state index in [0.717, 1.165) is 12.0 Å². The molecule has 0 spiro atoms. The molecule has 0 radical (unpaired) electrons. The number of nitrogens with zero attached hydrogens (tertiary/aromatic N) is 1. The van der Waals surface area contributed by atoms with Crippen LogP contribution in [0.25, 0.3) is 0 Å². The zero-order valence-electron chi connectivity index (χ0n) is 13.7. The SMILES string of the molecule is CC1(C)Cc2ccc(C(=O)ON3C(=O)c4ccccc4C3=O)cc2O1. The smallest absolute Gasteiger partial charge is 0.364 e. The van der Waals surface area contributed by atoms with Crippen molar-refractivity contribution in [1.29, 1.82) is 0 Å². The largest absolute Gasteiger partial charge is 0.487 e. The number of imide groups is 1. The van der Waals surface area contributed by atoms with Crippen molar-refractivity contribution < 1.29 is 24.0 Å². The molecule has 2 aliphatic rings. The van der Waals surface area contributed by atoms with Crippen molar-refractivity contribution >= 4 is 17.8 Å². The lowest BCUT2D eigenvalue weighted by Crippen LogP contribution is -2.32. The first-order valence-electron chi connectivity index (χ1n) is 7.88. The van der Waals surface area contributed by atoms with Gasteiger partial charge < -0.3 is 9.57 Å². The Morgan fingerprint density at radius 1 is 1.08 bits per heavy atom. The van der Waals surface area contributed by atoms with Crippen LogP contribution in [0.4, 0.5) is 0 Å². The van der Waals surface area contributed by atoms with E-state index in [1.165, 1.54) is 12.1 Å². The van der Waals surface area contributed by atoms with Gasteiger partial charge in [0.05, 0.1) is 16.7 Å². The molecule has 0 saturated heterocycles. The van der Waals surface area contributed by atoms with Crippen LogP contribution in [0.3, 0.4) is 0 Å². The second kappa shape index (κ2) is 5.17. The Kier molecular flexibility index (Phi) is 3.18. The summed E-state index contributed by atoms with van der Waals surface area (Å²) < 4.78 is 5.79. The van der Waals surface area contributed by atoms with Crippen molar-refractivity contribution in [1.82, 2.24) is 5.06 Å². The number of rotatable bonds is 2. The van der Waals surface area contributed by atoms with Gasteiger partial charge in [0, 0.05) is 6.42 Å². The van der Waals surface area contributed by atoms with E-state index in [1.54, 1.807) is 30.3 Å². The van der Waals surface area contributed by atoms with Crippen molar-refractivity contribution in [2.75, 3.05) is 0 Å². The molecule has 126 valence electrons. The molecular formula is C19H15NO5. The molecular weight excluding hydrogens is 322 g/mol. The fraction of sp³-hybridized carbons (Fsp3) is 0.211. The standard InChI is InChI=1S/C19H15NO5/c1-19(2)10-12-8-7-11(9-15(12)24-19)18(23)25-20-16(21)13-5-3-4-6-14(13)17(20)22/h3-9H,10H2,1-2H3. The lowest BCUT2D eigenvalue weighted by atomic mass is 10.0. The number of carbonyl (C=O) groups is 3. The quantitative estimate of drug-likeness (QED) is 0.788. The molecule has 0 aromatic heterocycles. The highest BCUT2D eigenvalue weighted by atomic mass is 16.7. The molecule has 4 rings (SSSR count). The fourth-order valence-corrected chi connectivity index (χ4v) is 3.10. The average molecular weight is 337 g/mol. The van der Waals surface area contributed by atoms with Gasteiger partial charge in [0.1, 0.15) is 11.4 Å². The van der Waals surface area contributed by atoms with Crippen LogP contribution in [0.1, 0.15) is 50.5 Å². The third kappa shape index (κ3) is 2.46. The zero-order valence-corrected chi connectivity index (χ0v) is 13.7. The Morgan fingerprint density at radius 3 is 2.36 bits per heavy atom. The Morgan fingerprint density at radius 2 is 1.72 bits per heavy atom. The van der Waals surface area contributed by atoms with Crippen molar-refractivity contribution in [3.63, 3.8) is 0 Å². The van der Waals surface area contributed by atoms with Crippen LogP contribution in [0, 0.1) is 0 Å². The summed E-state index contributed by atoms with van der Waals surface area (Å²) in [6.07, 6.45) is 0.746. The van der Waals surface area contributed by atoms with Crippen molar-refractivity contribution in [3.8, 4) is 5.75 Å². The zero-order chi connectivity index (χ0) is 17.8. The first-order valence-corrected chi connectivity index (χ1v) is 7.88. The maximum Gasteiger partial charge on any atom is 0.364 e. The molecule has 25 heavy (non-hydrogen) atoms. The van der Waals surface area contributed by atoms with Gasteiger partial charge in [0.2, 0.25) is 0 Å². The van der Waals surface area contributed by atoms with Crippen LogP contribution in [-0.2, 0) is 11.3 Å². The number of amides is 2. The van der Waals surface area contributed by atoms with Crippen LogP contribution < -0.4 is 4.74 Å². The summed E-state index contributed by atoms with van der Waals surface area (Å²) in [7, 11) is 0. The van der Waals surface area contributed by atoms with E-state index in [4.69, 9.17) is 9.57 Å². The van der Waals surface area contributed by atoms with E-state index >= 15 is 0 Å². The molecule has 2 amide bonds. The molecule has 2 aliphatic heterocycles. The molecule has 0 N–H and O–H groups in total.